The van der Waals surface area contributed by atoms with Crippen LogP contribution in [0.3, 0.4) is 0 Å². The number of carbonyl (C=O) groups excluding carboxylic acids is 3. The van der Waals surface area contributed by atoms with Gasteiger partial charge in [-0.2, -0.15) is 0 Å². The molecule has 8 heteroatoms. The van der Waals surface area contributed by atoms with Gasteiger partial charge >= 0.3 is 5.97 Å². The smallest absolute Gasteiger partial charge is 0.337 e. The van der Waals surface area contributed by atoms with E-state index >= 15 is 0 Å². The minimum Gasteiger partial charge on any atom is -0.479 e. The second kappa shape index (κ2) is 7.11. The summed E-state index contributed by atoms with van der Waals surface area (Å²) < 4.78 is 0. The molecule has 3 amide bonds. The first-order valence-electron chi connectivity index (χ1n) is 8.98. The van der Waals surface area contributed by atoms with Gasteiger partial charge in [0.25, 0.3) is 17.7 Å². The van der Waals surface area contributed by atoms with Crippen LogP contribution in [0.25, 0.3) is 0 Å². The molecule has 1 fully saturated rings. The molecule has 8 nitrogen and oxygen atoms in total. The van der Waals surface area contributed by atoms with Gasteiger partial charge in [-0.05, 0) is 38.0 Å². The predicted octanol–water partition coefficient (Wildman–Crippen LogP) is 1.18. The molecular formula is C19H22N2O6. The molecule has 0 spiro atoms. The molecule has 2 aliphatic rings. The number of amides is 3. The van der Waals surface area contributed by atoms with Gasteiger partial charge in [0.2, 0.25) is 0 Å². The topological polar surface area (TPSA) is 124 Å². The van der Waals surface area contributed by atoms with E-state index in [0.717, 1.165) is 39.0 Å². The average Bonchev–Trinajstić information content (AvgIpc) is 2.90. The number of hydrogen-bond donors (Lipinski definition) is 3. The van der Waals surface area contributed by atoms with Crippen LogP contribution in [-0.4, -0.2) is 57.0 Å². The van der Waals surface area contributed by atoms with Gasteiger partial charge in [0.1, 0.15) is 0 Å². The van der Waals surface area contributed by atoms with Crippen LogP contribution in [0.2, 0.25) is 0 Å². The maximum Gasteiger partial charge on any atom is 0.337 e. The quantitative estimate of drug-likeness (QED) is 0.665. The molecule has 0 saturated heterocycles. The summed E-state index contributed by atoms with van der Waals surface area (Å²) in [6.07, 6.45) is 4.65. The molecule has 0 bridgehead atoms. The van der Waals surface area contributed by atoms with Gasteiger partial charge in [0.05, 0.1) is 17.7 Å². The zero-order chi connectivity index (χ0) is 19.8. The van der Waals surface area contributed by atoms with Crippen molar-refractivity contribution in [2.75, 3.05) is 6.54 Å². The molecule has 1 aliphatic carbocycles. The molecular weight excluding hydrogens is 352 g/mol. The highest BCUT2D eigenvalue weighted by molar-refractivity contribution is 6.22. The average molecular weight is 374 g/mol. The number of nitrogens with one attached hydrogen (secondary N) is 1. The highest BCUT2D eigenvalue weighted by Gasteiger charge is 2.40. The van der Waals surface area contributed by atoms with Crippen LogP contribution in [0.4, 0.5) is 0 Å². The summed E-state index contributed by atoms with van der Waals surface area (Å²) in [5, 5.41) is 20.9. The number of hydrogen-bond acceptors (Lipinski definition) is 5. The van der Waals surface area contributed by atoms with Crippen molar-refractivity contribution in [1.29, 1.82) is 0 Å². The molecule has 3 N–H and O–H groups in total. The van der Waals surface area contributed by atoms with Gasteiger partial charge in [-0.25, -0.2) is 4.79 Å². The van der Waals surface area contributed by atoms with E-state index < -0.39 is 29.9 Å². The van der Waals surface area contributed by atoms with Crippen LogP contribution in [0.15, 0.2) is 18.2 Å². The summed E-state index contributed by atoms with van der Waals surface area (Å²) in [6, 6.07) is 4.11. The molecule has 1 aliphatic heterocycles. The van der Waals surface area contributed by atoms with Gasteiger partial charge in [0, 0.05) is 11.6 Å². The maximum absolute atomic E-state index is 12.7. The molecule has 1 heterocycles. The zero-order valence-corrected chi connectivity index (χ0v) is 15.0. The summed E-state index contributed by atoms with van der Waals surface area (Å²) in [5.74, 6) is -2.81. The van der Waals surface area contributed by atoms with E-state index in [1.165, 1.54) is 23.1 Å². The van der Waals surface area contributed by atoms with Crippen LogP contribution >= 0.6 is 0 Å². The first-order chi connectivity index (χ1) is 12.7. The van der Waals surface area contributed by atoms with Crippen molar-refractivity contribution in [3.63, 3.8) is 0 Å². The van der Waals surface area contributed by atoms with Crippen molar-refractivity contribution in [2.45, 2.75) is 50.7 Å². The molecule has 3 rings (SSSR count). The first-order valence-corrected chi connectivity index (χ1v) is 8.98. The van der Waals surface area contributed by atoms with Crippen LogP contribution < -0.4 is 5.32 Å². The van der Waals surface area contributed by atoms with Crippen molar-refractivity contribution in [3.8, 4) is 0 Å². The number of benzene rings is 1. The lowest BCUT2D eigenvalue weighted by molar-refractivity contribution is -0.155. The van der Waals surface area contributed by atoms with Gasteiger partial charge in [-0.15, -0.1) is 0 Å². The van der Waals surface area contributed by atoms with Crippen molar-refractivity contribution in [3.05, 3.63) is 34.9 Å². The number of nitrogens with zero attached hydrogens (tertiary/aromatic N) is 1. The molecule has 0 radical (unpaired) electrons. The fraction of sp³-hybridized carbons (Fsp3) is 0.474. The Kier molecular flexibility index (Phi) is 5.01. The van der Waals surface area contributed by atoms with E-state index in [9.17, 15) is 24.3 Å². The van der Waals surface area contributed by atoms with Gasteiger partial charge in [-0.1, -0.05) is 19.3 Å². The third kappa shape index (κ3) is 3.57. The number of aliphatic hydroxyl groups is 1. The van der Waals surface area contributed by atoms with Crippen LogP contribution in [0.1, 0.15) is 70.1 Å². The minimum absolute atomic E-state index is 0.103. The Hall–Kier alpha value is -2.74. The lowest BCUT2D eigenvalue weighted by Gasteiger charge is -2.29. The molecule has 144 valence electrons. The van der Waals surface area contributed by atoms with Crippen molar-refractivity contribution < 1.29 is 29.4 Å². The van der Waals surface area contributed by atoms with Gasteiger partial charge < -0.3 is 15.5 Å². The third-order valence-corrected chi connectivity index (χ3v) is 5.17. The monoisotopic (exact) mass is 374 g/mol. The maximum atomic E-state index is 12.7. The van der Waals surface area contributed by atoms with Crippen molar-refractivity contribution in [2.24, 2.45) is 0 Å². The molecule has 27 heavy (non-hydrogen) atoms. The molecule has 1 aromatic carbocycles. The fourth-order valence-corrected chi connectivity index (χ4v) is 3.50. The summed E-state index contributed by atoms with van der Waals surface area (Å²) in [7, 11) is 0. The van der Waals surface area contributed by atoms with Crippen LogP contribution in [0.5, 0.6) is 0 Å². The van der Waals surface area contributed by atoms with E-state index in [-0.39, 0.29) is 28.6 Å². The Bertz CT molecular complexity index is 810. The Morgan fingerprint density at radius 3 is 2.41 bits per heavy atom. The molecule has 1 aromatic rings. The number of carboxylic acids is 1. The van der Waals surface area contributed by atoms with Gasteiger partial charge in [-0.3, -0.25) is 19.3 Å². The third-order valence-electron chi connectivity index (χ3n) is 5.17. The minimum atomic E-state index is -2.10. The Morgan fingerprint density at radius 2 is 1.78 bits per heavy atom. The number of carboxylic acid groups (broad SMARTS) is 1. The van der Waals surface area contributed by atoms with Crippen LogP contribution in [0, 0.1) is 0 Å². The van der Waals surface area contributed by atoms with Crippen molar-refractivity contribution in [1.82, 2.24) is 10.2 Å². The highest BCUT2D eigenvalue weighted by Crippen LogP contribution is 2.31. The highest BCUT2D eigenvalue weighted by atomic mass is 16.4. The number of imide groups is 1. The fourth-order valence-electron chi connectivity index (χ4n) is 3.50. The Balaban J connectivity index is 1.77. The molecule has 1 unspecified atom stereocenters. The molecule has 1 saturated carbocycles. The van der Waals surface area contributed by atoms with E-state index in [2.05, 4.69) is 5.32 Å². The normalized spacial score (nSPS) is 19.6. The van der Waals surface area contributed by atoms with E-state index in [0.29, 0.717) is 0 Å². The number of rotatable bonds is 5. The SMILES string of the molecule is CC(O)(CNC(=O)c1ccc2c(c1)C(=O)N(C1CCCCC1)C2=O)C(=O)O. The zero-order valence-electron chi connectivity index (χ0n) is 15.0. The molecule has 1 atom stereocenters. The standard InChI is InChI=1S/C19H22N2O6/c1-19(27,18(25)26)10-20-15(22)11-7-8-13-14(9-11)17(24)21(16(13)23)12-5-3-2-4-6-12/h7-9,12,27H,2-6,10H2,1H3,(H,20,22)(H,25,26). The van der Waals surface area contributed by atoms with Gasteiger partial charge in [0.15, 0.2) is 5.60 Å². The predicted molar refractivity (Wildman–Crippen MR) is 94.4 cm³/mol. The molecule has 0 aromatic heterocycles. The summed E-state index contributed by atoms with van der Waals surface area (Å²) >= 11 is 0. The second-order valence-electron chi connectivity index (χ2n) is 7.29. The number of fused-ring (bicyclic) bond motifs is 1. The largest absolute Gasteiger partial charge is 0.479 e. The second-order valence-corrected chi connectivity index (χ2v) is 7.29. The lowest BCUT2D eigenvalue weighted by Crippen LogP contribution is -2.46. The Morgan fingerprint density at radius 1 is 1.15 bits per heavy atom. The van der Waals surface area contributed by atoms with Crippen molar-refractivity contribution >= 4 is 23.7 Å². The summed E-state index contributed by atoms with van der Waals surface area (Å²) in [6.45, 7) is 0.585. The van der Waals surface area contributed by atoms with E-state index in [1.807, 2.05) is 0 Å². The summed E-state index contributed by atoms with van der Waals surface area (Å²) in [5.41, 5.74) is -1.51. The number of carbonyl (C=O) groups is 4. The van der Waals surface area contributed by atoms with Crippen LogP contribution in [-0.2, 0) is 4.79 Å². The van der Waals surface area contributed by atoms with E-state index in [1.54, 1.807) is 0 Å². The Labute approximate surface area is 156 Å². The number of aliphatic carboxylic acids is 1. The van der Waals surface area contributed by atoms with E-state index in [4.69, 9.17) is 5.11 Å². The first kappa shape index (κ1) is 19.0. The lowest BCUT2D eigenvalue weighted by atomic mass is 9.94. The summed E-state index contributed by atoms with van der Waals surface area (Å²) in [4.78, 5) is 49.8.